The Kier molecular flexibility index (Phi) is 3.82. The number of nitrogens with two attached hydrogens (primary N) is 1. The maximum atomic E-state index is 10.9. The first-order chi connectivity index (χ1) is 8.97. The summed E-state index contributed by atoms with van der Waals surface area (Å²) in [6, 6.07) is 5.05. The van der Waals surface area contributed by atoms with E-state index in [-0.39, 0.29) is 17.5 Å². The Morgan fingerprint density at radius 3 is 2.84 bits per heavy atom. The summed E-state index contributed by atoms with van der Waals surface area (Å²) in [6.07, 6.45) is 1.04. The van der Waals surface area contributed by atoms with Crippen LogP contribution < -0.4 is 11.1 Å². The van der Waals surface area contributed by atoms with E-state index in [0.29, 0.717) is 10.7 Å². The van der Waals surface area contributed by atoms with E-state index in [0.717, 1.165) is 10.7 Å². The summed E-state index contributed by atoms with van der Waals surface area (Å²) in [5.41, 5.74) is 5.61. The van der Waals surface area contributed by atoms with Gasteiger partial charge in [0.15, 0.2) is 0 Å². The largest absolute Gasteiger partial charge is 0.368 e. The maximum absolute atomic E-state index is 10.9. The van der Waals surface area contributed by atoms with Gasteiger partial charge < -0.3 is 11.1 Å². The SMILES string of the molecule is Nc1ncc([N+](=O)[O-])c(Nc2ccc(Br)cc2Cl)n1. The van der Waals surface area contributed by atoms with Crippen LogP contribution in [0.1, 0.15) is 0 Å². The minimum absolute atomic E-state index is 0.0123. The second kappa shape index (κ2) is 5.37. The first-order valence-corrected chi connectivity index (χ1v) is 6.13. The molecule has 0 unspecified atom stereocenters. The second-order valence-electron chi connectivity index (χ2n) is 3.47. The summed E-state index contributed by atoms with van der Waals surface area (Å²) in [5, 5.41) is 14.0. The molecule has 1 aromatic heterocycles. The topological polar surface area (TPSA) is 107 Å². The van der Waals surface area contributed by atoms with E-state index in [1.165, 1.54) is 0 Å². The third kappa shape index (κ3) is 3.09. The Balaban J connectivity index is 2.42. The number of nitrogens with one attached hydrogen (secondary N) is 1. The number of nitro groups is 1. The maximum Gasteiger partial charge on any atom is 0.329 e. The molecule has 7 nitrogen and oxygen atoms in total. The third-order valence-corrected chi connectivity index (χ3v) is 2.97. The number of nitrogen functional groups attached to an aromatic ring is 1. The molecule has 0 fully saturated rings. The van der Waals surface area contributed by atoms with Crippen LogP contribution in [0.25, 0.3) is 0 Å². The molecule has 3 N–H and O–H groups in total. The van der Waals surface area contributed by atoms with Crippen LogP contribution in [-0.4, -0.2) is 14.9 Å². The van der Waals surface area contributed by atoms with Gasteiger partial charge in [0, 0.05) is 4.47 Å². The number of benzene rings is 1. The quantitative estimate of drug-likeness (QED) is 0.654. The monoisotopic (exact) mass is 343 g/mol. The van der Waals surface area contributed by atoms with E-state index in [2.05, 4.69) is 31.2 Å². The van der Waals surface area contributed by atoms with Crippen LogP contribution in [0.3, 0.4) is 0 Å². The number of aromatic nitrogens is 2. The Morgan fingerprint density at radius 2 is 2.21 bits per heavy atom. The Hall–Kier alpha value is -1.93. The minimum Gasteiger partial charge on any atom is -0.368 e. The van der Waals surface area contributed by atoms with Crippen LogP contribution in [0.5, 0.6) is 0 Å². The zero-order chi connectivity index (χ0) is 14.0. The summed E-state index contributed by atoms with van der Waals surface area (Å²) in [4.78, 5) is 17.6. The molecule has 19 heavy (non-hydrogen) atoms. The zero-order valence-corrected chi connectivity index (χ0v) is 11.6. The lowest BCUT2D eigenvalue weighted by Crippen LogP contribution is -2.04. The van der Waals surface area contributed by atoms with Crippen molar-refractivity contribution in [2.75, 3.05) is 11.1 Å². The summed E-state index contributed by atoms with van der Waals surface area (Å²) in [5.74, 6) is -0.0805. The molecule has 1 aromatic carbocycles. The Labute approximate surface area is 121 Å². The van der Waals surface area contributed by atoms with Crippen molar-refractivity contribution in [1.29, 1.82) is 0 Å². The fourth-order valence-corrected chi connectivity index (χ4v) is 2.05. The van der Waals surface area contributed by atoms with Crippen LogP contribution in [0.15, 0.2) is 28.9 Å². The van der Waals surface area contributed by atoms with Crippen LogP contribution >= 0.6 is 27.5 Å². The summed E-state index contributed by atoms with van der Waals surface area (Å²) < 4.78 is 0.791. The molecule has 2 rings (SSSR count). The molecule has 0 radical (unpaired) electrons. The summed E-state index contributed by atoms with van der Waals surface area (Å²) in [7, 11) is 0. The fraction of sp³-hybridized carbons (Fsp3) is 0. The van der Waals surface area contributed by atoms with Gasteiger partial charge in [0.1, 0.15) is 6.20 Å². The Morgan fingerprint density at radius 1 is 1.47 bits per heavy atom. The standard InChI is InChI=1S/C10H7BrClN5O2/c11-5-1-2-7(6(12)3-5)15-9-8(17(18)19)4-14-10(13)16-9/h1-4H,(H3,13,14,15,16). The van der Waals surface area contributed by atoms with Gasteiger partial charge >= 0.3 is 5.69 Å². The van der Waals surface area contributed by atoms with Gasteiger partial charge in [-0.15, -0.1) is 0 Å². The third-order valence-electron chi connectivity index (χ3n) is 2.17. The summed E-state index contributed by atoms with van der Waals surface area (Å²) in [6.45, 7) is 0. The van der Waals surface area contributed by atoms with Gasteiger partial charge in [-0.1, -0.05) is 27.5 Å². The fourth-order valence-electron chi connectivity index (χ4n) is 1.33. The van der Waals surface area contributed by atoms with Gasteiger partial charge in [0.2, 0.25) is 11.8 Å². The molecular formula is C10H7BrClN5O2. The average Bonchev–Trinajstić information content (AvgIpc) is 2.32. The van der Waals surface area contributed by atoms with Crippen molar-refractivity contribution in [1.82, 2.24) is 9.97 Å². The molecule has 98 valence electrons. The van der Waals surface area contributed by atoms with Crippen LogP contribution in [0.2, 0.25) is 5.02 Å². The van der Waals surface area contributed by atoms with Gasteiger partial charge in [-0.05, 0) is 18.2 Å². The van der Waals surface area contributed by atoms with Gasteiger partial charge in [0.25, 0.3) is 0 Å². The first kappa shape index (κ1) is 13.5. The van der Waals surface area contributed by atoms with Gasteiger partial charge in [-0.2, -0.15) is 4.98 Å². The predicted octanol–water partition coefficient (Wildman–Crippen LogP) is 3.13. The molecule has 0 bridgehead atoms. The van der Waals surface area contributed by atoms with Gasteiger partial charge in [-0.3, -0.25) is 10.1 Å². The molecule has 0 aliphatic heterocycles. The molecule has 0 amide bonds. The highest BCUT2D eigenvalue weighted by atomic mass is 79.9. The molecule has 0 aliphatic rings. The van der Waals surface area contributed by atoms with Crippen molar-refractivity contribution in [2.45, 2.75) is 0 Å². The lowest BCUT2D eigenvalue weighted by Gasteiger charge is -2.08. The van der Waals surface area contributed by atoms with Crippen molar-refractivity contribution < 1.29 is 4.92 Å². The molecule has 0 saturated heterocycles. The molecule has 2 aromatic rings. The Bertz CT molecular complexity index is 652. The normalized spacial score (nSPS) is 10.2. The lowest BCUT2D eigenvalue weighted by atomic mass is 10.3. The van der Waals surface area contributed by atoms with E-state index in [4.69, 9.17) is 17.3 Å². The van der Waals surface area contributed by atoms with Crippen molar-refractivity contribution >= 4 is 50.7 Å². The zero-order valence-electron chi connectivity index (χ0n) is 9.30. The highest BCUT2D eigenvalue weighted by Crippen LogP contribution is 2.31. The van der Waals surface area contributed by atoms with E-state index in [1.807, 2.05) is 0 Å². The smallest absolute Gasteiger partial charge is 0.329 e. The molecule has 0 atom stereocenters. The number of nitrogens with zero attached hydrogens (tertiary/aromatic N) is 3. The molecule has 0 saturated carbocycles. The molecule has 0 aliphatic carbocycles. The highest BCUT2D eigenvalue weighted by Gasteiger charge is 2.17. The predicted molar refractivity (Wildman–Crippen MR) is 75.5 cm³/mol. The van der Waals surface area contributed by atoms with Crippen LogP contribution in [-0.2, 0) is 0 Å². The van der Waals surface area contributed by atoms with Crippen molar-refractivity contribution in [3.63, 3.8) is 0 Å². The van der Waals surface area contributed by atoms with Crippen LogP contribution in [0.4, 0.5) is 23.1 Å². The van der Waals surface area contributed by atoms with E-state index in [1.54, 1.807) is 18.2 Å². The number of rotatable bonds is 3. The molecular weight excluding hydrogens is 338 g/mol. The number of anilines is 3. The lowest BCUT2D eigenvalue weighted by molar-refractivity contribution is -0.384. The molecule has 0 spiro atoms. The molecule has 9 heteroatoms. The van der Waals surface area contributed by atoms with Gasteiger partial charge in [0.05, 0.1) is 15.6 Å². The van der Waals surface area contributed by atoms with E-state index >= 15 is 0 Å². The van der Waals surface area contributed by atoms with Crippen molar-refractivity contribution in [3.8, 4) is 0 Å². The summed E-state index contributed by atoms with van der Waals surface area (Å²) >= 11 is 9.28. The first-order valence-electron chi connectivity index (χ1n) is 4.96. The number of hydrogen-bond donors (Lipinski definition) is 2. The van der Waals surface area contributed by atoms with Crippen molar-refractivity contribution in [2.24, 2.45) is 0 Å². The van der Waals surface area contributed by atoms with Gasteiger partial charge in [-0.25, -0.2) is 4.98 Å². The number of halogens is 2. The number of hydrogen-bond acceptors (Lipinski definition) is 6. The molecule has 1 heterocycles. The van der Waals surface area contributed by atoms with Crippen LogP contribution in [0, 0.1) is 10.1 Å². The van der Waals surface area contributed by atoms with E-state index in [9.17, 15) is 10.1 Å². The van der Waals surface area contributed by atoms with E-state index < -0.39 is 4.92 Å². The minimum atomic E-state index is -0.603. The average molecular weight is 345 g/mol. The highest BCUT2D eigenvalue weighted by molar-refractivity contribution is 9.10. The van der Waals surface area contributed by atoms with Crippen molar-refractivity contribution in [3.05, 3.63) is 44.0 Å². The second-order valence-corrected chi connectivity index (χ2v) is 4.79.